The maximum atomic E-state index is 12.6. The Hall–Kier alpha value is -2.37. The zero-order chi connectivity index (χ0) is 18.4. The van der Waals surface area contributed by atoms with Gasteiger partial charge in [0.1, 0.15) is 6.04 Å². The fourth-order valence-electron chi connectivity index (χ4n) is 3.40. The summed E-state index contributed by atoms with van der Waals surface area (Å²) in [6.07, 6.45) is 2.11. The third-order valence-corrected chi connectivity index (χ3v) is 4.79. The van der Waals surface area contributed by atoms with Crippen molar-refractivity contribution in [3.63, 3.8) is 0 Å². The molecule has 0 bridgehead atoms. The molecule has 25 heavy (non-hydrogen) atoms. The number of rotatable bonds is 7. The van der Waals surface area contributed by atoms with Crippen LogP contribution < -0.4 is 0 Å². The second-order valence-corrected chi connectivity index (χ2v) is 6.22. The lowest BCUT2D eigenvalue weighted by Crippen LogP contribution is -2.47. The van der Waals surface area contributed by atoms with Crippen LogP contribution in [0.5, 0.6) is 0 Å². The molecule has 2 amide bonds. The molecule has 1 aliphatic rings. The average Bonchev–Trinajstić information content (AvgIpc) is 3.10. The van der Waals surface area contributed by atoms with Gasteiger partial charge in [0.15, 0.2) is 0 Å². The largest absolute Gasteiger partial charge is 0.478 e. The van der Waals surface area contributed by atoms with Crippen LogP contribution in [-0.4, -0.2) is 58.4 Å². The highest BCUT2D eigenvalue weighted by Crippen LogP contribution is 2.21. The summed E-state index contributed by atoms with van der Waals surface area (Å²) in [7, 11) is 0. The van der Waals surface area contributed by atoms with Gasteiger partial charge in [0, 0.05) is 26.1 Å². The zero-order valence-electron chi connectivity index (χ0n) is 14.9. The summed E-state index contributed by atoms with van der Waals surface area (Å²) in [5.74, 6) is -1.05. The van der Waals surface area contributed by atoms with E-state index in [1.165, 1.54) is 0 Å². The smallest absolute Gasteiger partial charge is 0.335 e. The number of carbonyl (C=O) groups excluding carboxylic acids is 2. The molecule has 1 N–H and O–H groups in total. The van der Waals surface area contributed by atoms with E-state index in [2.05, 4.69) is 0 Å². The normalized spacial score (nSPS) is 16.7. The van der Waals surface area contributed by atoms with Crippen molar-refractivity contribution in [1.82, 2.24) is 9.80 Å². The molecule has 1 aromatic carbocycles. The number of nitrogens with zero attached hydrogens (tertiary/aromatic N) is 2. The molecule has 1 fully saturated rings. The molecule has 0 spiro atoms. The Bertz CT molecular complexity index is 640. The highest BCUT2D eigenvalue weighted by molar-refractivity contribution is 5.90. The Morgan fingerprint density at radius 2 is 1.88 bits per heavy atom. The van der Waals surface area contributed by atoms with E-state index in [0.717, 1.165) is 6.42 Å². The first-order chi connectivity index (χ1) is 12.0. The van der Waals surface area contributed by atoms with Crippen LogP contribution in [0.4, 0.5) is 0 Å². The topological polar surface area (TPSA) is 77.9 Å². The number of carbonyl (C=O) groups is 3. The summed E-state index contributed by atoms with van der Waals surface area (Å²) < 4.78 is 0. The number of carboxylic acids is 1. The minimum atomic E-state index is -0.987. The third-order valence-electron chi connectivity index (χ3n) is 4.79. The van der Waals surface area contributed by atoms with Crippen LogP contribution >= 0.6 is 0 Å². The third kappa shape index (κ3) is 4.38. The van der Waals surface area contributed by atoms with Crippen molar-refractivity contribution >= 4 is 17.8 Å². The Labute approximate surface area is 148 Å². The van der Waals surface area contributed by atoms with E-state index < -0.39 is 5.97 Å². The van der Waals surface area contributed by atoms with Crippen LogP contribution in [0.2, 0.25) is 0 Å². The number of hydrogen-bond donors (Lipinski definition) is 1. The second kappa shape index (κ2) is 8.65. The van der Waals surface area contributed by atoms with Crippen molar-refractivity contribution in [3.05, 3.63) is 35.4 Å². The standard InChI is InChI=1S/C19H26N2O4/c1-3-20(4-2)18(23)16-10-7-13-21(16)17(22)12-11-14-8-5-6-9-15(14)19(24)25/h5-6,8-9,16H,3-4,7,10-13H2,1-2H3,(H,24,25). The number of aryl methyl sites for hydroxylation is 1. The summed E-state index contributed by atoms with van der Waals surface area (Å²) in [5, 5.41) is 9.23. The van der Waals surface area contributed by atoms with Gasteiger partial charge in [-0.15, -0.1) is 0 Å². The molecule has 1 unspecified atom stereocenters. The summed E-state index contributed by atoms with van der Waals surface area (Å²) >= 11 is 0. The number of benzene rings is 1. The van der Waals surface area contributed by atoms with Crippen molar-refractivity contribution < 1.29 is 19.5 Å². The number of amides is 2. The lowest BCUT2D eigenvalue weighted by Gasteiger charge is -2.29. The molecule has 136 valence electrons. The van der Waals surface area contributed by atoms with Gasteiger partial charge in [-0.05, 0) is 44.7 Å². The predicted molar refractivity (Wildman–Crippen MR) is 94.4 cm³/mol. The highest BCUT2D eigenvalue weighted by Gasteiger charge is 2.35. The van der Waals surface area contributed by atoms with Crippen molar-refractivity contribution in [2.45, 2.75) is 45.6 Å². The van der Waals surface area contributed by atoms with Gasteiger partial charge in [-0.25, -0.2) is 4.79 Å². The predicted octanol–water partition coefficient (Wildman–Crippen LogP) is 2.18. The highest BCUT2D eigenvalue weighted by atomic mass is 16.4. The second-order valence-electron chi connectivity index (χ2n) is 6.22. The number of aromatic carboxylic acids is 1. The fraction of sp³-hybridized carbons (Fsp3) is 0.526. The summed E-state index contributed by atoms with van der Waals surface area (Å²) in [4.78, 5) is 39.9. The molecule has 1 aromatic rings. The molecule has 0 aromatic heterocycles. The Kier molecular flexibility index (Phi) is 6.56. The first-order valence-electron chi connectivity index (χ1n) is 8.89. The van der Waals surface area contributed by atoms with Gasteiger partial charge in [0.2, 0.25) is 11.8 Å². The fourth-order valence-corrected chi connectivity index (χ4v) is 3.40. The van der Waals surface area contributed by atoms with Crippen LogP contribution in [0.15, 0.2) is 24.3 Å². The maximum absolute atomic E-state index is 12.6. The SMILES string of the molecule is CCN(CC)C(=O)C1CCCN1C(=O)CCc1ccccc1C(=O)O. The minimum Gasteiger partial charge on any atom is -0.478 e. The van der Waals surface area contributed by atoms with E-state index in [0.29, 0.717) is 38.0 Å². The Balaban J connectivity index is 2.03. The maximum Gasteiger partial charge on any atom is 0.335 e. The van der Waals surface area contributed by atoms with Crippen molar-refractivity contribution in [3.8, 4) is 0 Å². The van der Waals surface area contributed by atoms with Gasteiger partial charge in [-0.3, -0.25) is 9.59 Å². The molecule has 1 atom stereocenters. The van der Waals surface area contributed by atoms with Gasteiger partial charge in [-0.1, -0.05) is 18.2 Å². The average molecular weight is 346 g/mol. The van der Waals surface area contributed by atoms with Gasteiger partial charge >= 0.3 is 5.97 Å². The number of carboxylic acid groups (broad SMARTS) is 1. The molecule has 6 nitrogen and oxygen atoms in total. The van der Waals surface area contributed by atoms with Gasteiger partial charge in [0.05, 0.1) is 5.56 Å². The summed E-state index contributed by atoms with van der Waals surface area (Å²) in [5.41, 5.74) is 0.877. The lowest BCUT2D eigenvalue weighted by molar-refractivity contribution is -0.143. The van der Waals surface area contributed by atoms with Crippen LogP contribution in [0, 0.1) is 0 Å². The molecule has 6 heteroatoms. The quantitative estimate of drug-likeness (QED) is 0.821. The molecule has 1 heterocycles. The van der Waals surface area contributed by atoms with Gasteiger partial charge in [0.25, 0.3) is 0 Å². The molecule has 0 aliphatic carbocycles. The molecular formula is C19H26N2O4. The molecular weight excluding hydrogens is 320 g/mol. The van der Waals surface area contributed by atoms with Crippen molar-refractivity contribution in [2.24, 2.45) is 0 Å². The van der Waals surface area contributed by atoms with E-state index in [4.69, 9.17) is 0 Å². The Morgan fingerprint density at radius 3 is 2.52 bits per heavy atom. The monoisotopic (exact) mass is 346 g/mol. The van der Waals surface area contributed by atoms with Gasteiger partial charge in [-0.2, -0.15) is 0 Å². The van der Waals surface area contributed by atoms with Crippen LogP contribution in [-0.2, 0) is 16.0 Å². The number of likely N-dealkylation sites (tertiary alicyclic amines) is 1. The molecule has 0 saturated carbocycles. The molecule has 1 saturated heterocycles. The van der Waals surface area contributed by atoms with E-state index in [9.17, 15) is 19.5 Å². The summed E-state index contributed by atoms with van der Waals surface area (Å²) in [6.45, 7) is 5.74. The molecule has 1 aliphatic heterocycles. The van der Waals surface area contributed by atoms with Crippen LogP contribution in [0.25, 0.3) is 0 Å². The molecule has 0 radical (unpaired) electrons. The van der Waals surface area contributed by atoms with E-state index in [1.54, 1.807) is 34.1 Å². The van der Waals surface area contributed by atoms with Crippen LogP contribution in [0.1, 0.15) is 49.0 Å². The minimum absolute atomic E-state index is 0.0155. The van der Waals surface area contributed by atoms with Gasteiger partial charge < -0.3 is 14.9 Å². The number of hydrogen-bond acceptors (Lipinski definition) is 3. The van der Waals surface area contributed by atoms with Crippen molar-refractivity contribution in [1.29, 1.82) is 0 Å². The van der Waals surface area contributed by atoms with Crippen molar-refractivity contribution in [2.75, 3.05) is 19.6 Å². The zero-order valence-corrected chi connectivity index (χ0v) is 14.9. The van der Waals surface area contributed by atoms with Crippen LogP contribution in [0.3, 0.4) is 0 Å². The van der Waals surface area contributed by atoms with E-state index >= 15 is 0 Å². The first kappa shape index (κ1) is 19.0. The first-order valence-corrected chi connectivity index (χ1v) is 8.89. The van der Waals surface area contributed by atoms with E-state index in [1.807, 2.05) is 13.8 Å². The Morgan fingerprint density at radius 1 is 1.20 bits per heavy atom. The molecule has 2 rings (SSSR count). The number of likely N-dealkylation sites (N-methyl/N-ethyl adjacent to an activating group) is 1. The summed E-state index contributed by atoms with van der Waals surface area (Å²) in [6, 6.07) is 6.36. The lowest BCUT2D eigenvalue weighted by atomic mass is 10.0. The van der Waals surface area contributed by atoms with E-state index in [-0.39, 0.29) is 29.8 Å².